The molecule has 2 fully saturated rings. The van der Waals surface area contributed by atoms with Crippen molar-refractivity contribution in [3.8, 4) is 0 Å². The van der Waals surface area contributed by atoms with Crippen LogP contribution in [-0.2, 0) is 0 Å². The molecule has 3 heterocycles. The van der Waals surface area contributed by atoms with Gasteiger partial charge in [-0.3, -0.25) is 0 Å². The van der Waals surface area contributed by atoms with Crippen LogP contribution in [0, 0.1) is 17.8 Å². The first kappa shape index (κ1) is 17.3. The molecule has 142 valence electrons. The molecular formula is C20H27BN4O2. The van der Waals surface area contributed by atoms with Crippen LogP contribution in [0.15, 0.2) is 23.6 Å². The number of nitrogens with one attached hydrogen (secondary N) is 1. The second kappa shape index (κ2) is 6.07. The fraction of sp³-hybridized carbons (Fsp3) is 0.600. The topological polar surface area (TPSA) is 84.7 Å². The van der Waals surface area contributed by atoms with E-state index in [1.807, 2.05) is 17.2 Å². The van der Waals surface area contributed by atoms with Gasteiger partial charge in [0.2, 0.25) is 0 Å². The van der Waals surface area contributed by atoms with Crippen LogP contribution in [0.1, 0.15) is 51.5 Å². The summed E-state index contributed by atoms with van der Waals surface area (Å²) in [6.07, 6.45) is 8.28. The highest BCUT2D eigenvalue weighted by Crippen LogP contribution is 2.52. The molecule has 2 bridgehead atoms. The highest BCUT2D eigenvalue weighted by Gasteiger charge is 2.51. The van der Waals surface area contributed by atoms with Crippen molar-refractivity contribution >= 4 is 29.3 Å². The van der Waals surface area contributed by atoms with E-state index in [2.05, 4.69) is 23.8 Å². The fourth-order valence-electron chi connectivity index (χ4n) is 5.87. The maximum Gasteiger partial charge on any atom is 0.468 e. The Bertz CT molecular complexity index is 913. The normalized spacial score (nSPS) is 32.7. The maximum absolute atomic E-state index is 10.9. The Morgan fingerprint density at radius 1 is 1.41 bits per heavy atom. The van der Waals surface area contributed by atoms with Gasteiger partial charge in [-0.05, 0) is 50.0 Å². The number of aromatic amines is 1. The quantitative estimate of drug-likeness (QED) is 0.724. The zero-order valence-corrected chi connectivity index (χ0v) is 16.0. The molecule has 0 spiro atoms. The molecule has 6 nitrogen and oxygen atoms in total. The molecule has 3 N–H and O–H groups in total. The molecule has 27 heavy (non-hydrogen) atoms. The van der Waals surface area contributed by atoms with Crippen molar-refractivity contribution in [2.45, 2.75) is 51.6 Å². The number of hydrazone groups is 1. The van der Waals surface area contributed by atoms with Crippen molar-refractivity contribution < 1.29 is 10.1 Å². The minimum Gasteiger partial charge on any atom is -0.428 e. The summed E-state index contributed by atoms with van der Waals surface area (Å²) >= 11 is 0. The lowest BCUT2D eigenvalue weighted by Crippen LogP contribution is -2.54. The van der Waals surface area contributed by atoms with Gasteiger partial charge < -0.3 is 20.0 Å². The van der Waals surface area contributed by atoms with Crippen molar-refractivity contribution in [3.05, 3.63) is 24.0 Å². The number of hydrogen-bond donors (Lipinski definition) is 3. The molecule has 1 aliphatic heterocycles. The Kier molecular flexibility index (Phi) is 3.88. The van der Waals surface area contributed by atoms with Crippen LogP contribution in [0.2, 0.25) is 0 Å². The monoisotopic (exact) mass is 366 g/mol. The Labute approximate surface area is 159 Å². The van der Waals surface area contributed by atoms with Crippen LogP contribution in [0.25, 0.3) is 11.0 Å². The molecule has 2 aromatic heterocycles. The molecule has 5 rings (SSSR count). The third-order valence-electron chi connectivity index (χ3n) is 6.88. The van der Waals surface area contributed by atoms with Crippen molar-refractivity contribution in [1.82, 2.24) is 14.9 Å². The number of aliphatic hydroxyl groups is 1. The van der Waals surface area contributed by atoms with Gasteiger partial charge in [0, 0.05) is 41.3 Å². The van der Waals surface area contributed by atoms with Gasteiger partial charge in [0.15, 0.2) is 0 Å². The van der Waals surface area contributed by atoms with Gasteiger partial charge in [0.1, 0.15) is 5.65 Å². The molecule has 2 aromatic rings. The van der Waals surface area contributed by atoms with Crippen molar-refractivity contribution in [3.63, 3.8) is 0 Å². The van der Waals surface area contributed by atoms with Gasteiger partial charge in [-0.2, -0.15) is 5.10 Å². The Morgan fingerprint density at radius 2 is 2.26 bits per heavy atom. The van der Waals surface area contributed by atoms with Gasteiger partial charge in [-0.25, -0.2) is 4.98 Å². The lowest BCUT2D eigenvalue weighted by atomic mass is 9.63. The van der Waals surface area contributed by atoms with Crippen LogP contribution < -0.4 is 5.46 Å². The molecular weight excluding hydrogens is 339 g/mol. The van der Waals surface area contributed by atoms with Crippen LogP contribution in [0.5, 0.6) is 0 Å². The molecule has 2 saturated carbocycles. The Hall–Kier alpha value is -1.86. The highest BCUT2D eigenvalue weighted by atomic mass is 16.3. The number of H-pyrrole nitrogens is 1. The lowest BCUT2D eigenvalue weighted by molar-refractivity contribution is -0.00749. The van der Waals surface area contributed by atoms with E-state index in [0.29, 0.717) is 24.3 Å². The number of rotatable bonds is 3. The maximum atomic E-state index is 10.9. The highest BCUT2D eigenvalue weighted by molar-refractivity contribution is 6.66. The van der Waals surface area contributed by atoms with Crippen LogP contribution in [-0.4, -0.2) is 49.9 Å². The molecule has 7 heteroatoms. The lowest BCUT2D eigenvalue weighted by Gasteiger charge is -2.42. The predicted octanol–water partition coefficient (Wildman–Crippen LogP) is 1.87. The molecule has 0 saturated heterocycles. The van der Waals surface area contributed by atoms with Crippen molar-refractivity contribution in [2.24, 2.45) is 22.9 Å². The SMILES string of the molecule is CCCN1N=C([C@H]2[C@H]3CC[C@](O)(C3)C[C@@H]2C)c2c(cnc3[nH]ccc23)B1O. The van der Waals surface area contributed by atoms with Gasteiger partial charge in [-0.15, -0.1) is 0 Å². The molecule has 0 amide bonds. The van der Waals surface area contributed by atoms with Gasteiger partial charge >= 0.3 is 7.05 Å². The second-order valence-electron chi connectivity index (χ2n) is 8.78. The van der Waals surface area contributed by atoms with E-state index in [0.717, 1.165) is 59.9 Å². The van der Waals surface area contributed by atoms with Gasteiger partial charge in [-0.1, -0.05) is 13.8 Å². The molecule has 0 aromatic carbocycles. The van der Waals surface area contributed by atoms with E-state index in [1.165, 1.54) is 0 Å². The number of hydrogen-bond acceptors (Lipinski definition) is 5. The van der Waals surface area contributed by atoms with Crippen LogP contribution in [0.4, 0.5) is 0 Å². The zero-order chi connectivity index (χ0) is 18.8. The summed E-state index contributed by atoms with van der Waals surface area (Å²) in [5.41, 5.74) is 3.34. The first-order chi connectivity index (χ1) is 13.0. The summed E-state index contributed by atoms with van der Waals surface area (Å²) in [6, 6.07) is 2.04. The van der Waals surface area contributed by atoms with Gasteiger partial charge in [0.25, 0.3) is 0 Å². The first-order valence-corrected chi connectivity index (χ1v) is 10.2. The third-order valence-corrected chi connectivity index (χ3v) is 6.88. The van der Waals surface area contributed by atoms with E-state index in [9.17, 15) is 10.1 Å². The fourth-order valence-corrected chi connectivity index (χ4v) is 5.87. The average molecular weight is 366 g/mol. The summed E-state index contributed by atoms with van der Waals surface area (Å²) in [5, 5.41) is 27.8. The molecule has 0 radical (unpaired) electrons. The Balaban J connectivity index is 1.68. The number of pyridine rings is 1. The van der Waals surface area contributed by atoms with Crippen LogP contribution in [0.3, 0.4) is 0 Å². The van der Waals surface area contributed by atoms with E-state index in [4.69, 9.17) is 5.10 Å². The Morgan fingerprint density at radius 3 is 3.07 bits per heavy atom. The van der Waals surface area contributed by atoms with E-state index < -0.39 is 12.7 Å². The van der Waals surface area contributed by atoms with E-state index in [1.54, 1.807) is 6.20 Å². The first-order valence-electron chi connectivity index (χ1n) is 10.2. The minimum absolute atomic E-state index is 0.305. The molecule has 4 atom stereocenters. The molecule has 0 unspecified atom stereocenters. The predicted molar refractivity (Wildman–Crippen MR) is 107 cm³/mol. The average Bonchev–Trinajstić information content (AvgIpc) is 3.22. The van der Waals surface area contributed by atoms with Crippen molar-refractivity contribution in [1.29, 1.82) is 0 Å². The summed E-state index contributed by atoms with van der Waals surface area (Å²) < 4.78 is 0. The zero-order valence-electron chi connectivity index (χ0n) is 16.0. The summed E-state index contributed by atoms with van der Waals surface area (Å²) in [7, 11) is -0.755. The number of aromatic nitrogens is 2. The number of fused-ring (bicyclic) bond motifs is 5. The summed E-state index contributed by atoms with van der Waals surface area (Å²) in [4.78, 5) is 9.53. The van der Waals surface area contributed by atoms with E-state index in [-0.39, 0.29) is 0 Å². The molecule has 2 aliphatic carbocycles. The minimum atomic E-state index is -0.755. The smallest absolute Gasteiger partial charge is 0.428 e. The largest absolute Gasteiger partial charge is 0.468 e. The van der Waals surface area contributed by atoms with Gasteiger partial charge in [0.05, 0.1) is 11.3 Å². The summed E-state index contributed by atoms with van der Waals surface area (Å²) in [6.45, 7) is 5.07. The van der Waals surface area contributed by atoms with Crippen molar-refractivity contribution in [2.75, 3.05) is 6.54 Å². The third kappa shape index (κ3) is 2.55. The van der Waals surface area contributed by atoms with E-state index >= 15 is 0 Å². The summed E-state index contributed by atoms with van der Waals surface area (Å²) in [5.74, 6) is 1.12. The number of nitrogens with zero attached hydrogens (tertiary/aromatic N) is 3. The standard InChI is InChI=1S/C20H27BN4O2/c1-3-8-25-21(27)15-11-23-19-14(5-7-22-19)17(15)18(24-25)16-12(2)9-20(26)6-4-13(16)10-20/h5,7,11-13,16,26-27H,3-4,6,8-10H2,1-2H3,(H,22,23)/t12-,13-,16+,20+/m0/s1. The molecule has 3 aliphatic rings. The van der Waals surface area contributed by atoms with Crippen LogP contribution >= 0.6 is 0 Å². The second-order valence-corrected chi connectivity index (χ2v) is 8.78.